The monoisotopic (exact) mass is 322 g/mol. The van der Waals surface area contributed by atoms with Gasteiger partial charge in [0.05, 0.1) is 11.1 Å². The van der Waals surface area contributed by atoms with E-state index in [-0.39, 0.29) is 22.3 Å². The van der Waals surface area contributed by atoms with Crippen molar-refractivity contribution in [2.45, 2.75) is 38.9 Å². The average Bonchev–Trinajstić information content (AvgIpc) is 2.46. The molecule has 0 fully saturated rings. The van der Waals surface area contributed by atoms with E-state index in [0.29, 0.717) is 0 Å². The molecule has 24 heavy (non-hydrogen) atoms. The minimum atomic E-state index is -1.32. The molecular weight excluding hydrogens is 304 g/mol. The smallest absolute Gasteiger partial charge is 0.203 e. The largest absolute Gasteiger partial charge is 0.378 e. The number of hydrogen-bond acceptors (Lipinski definition) is 4. The van der Waals surface area contributed by atoms with Gasteiger partial charge in [-0.2, -0.15) is 0 Å². The molecule has 122 valence electrons. The summed E-state index contributed by atoms with van der Waals surface area (Å²) in [5, 5.41) is 19.5. The molecule has 1 aromatic carbocycles. The van der Waals surface area contributed by atoms with Crippen molar-refractivity contribution in [3.05, 3.63) is 46.5 Å². The van der Waals surface area contributed by atoms with Crippen molar-refractivity contribution in [1.29, 1.82) is 0 Å². The Bertz CT molecular complexity index is 793. The minimum Gasteiger partial charge on any atom is -0.378 e. The Morgan fingerprint density at radius 1 is 0.750 bits per heavy atom. The normalized spacial score (nSPS) is 14.4. The van der Waals surface area contributed by atoms with Gasteiger partial charge in [0.25, 0.3) is 0 Å². The van der Waals surface area contributed by atoms with Gasteiger partial charge in [-0.15, -0.1) is 0 Å². The lowest BCUT2D eigenvalue weighted by molar-refractivity contribution is 0.0982. The molecule has 0 radical (unpaired) electrons. The summed E-state index contributed by atoms with van der Waals surface area (Å²) < 4.78 is 0. The summed E-state index contributed by atoms with van der Waals surface area (Å²) in [5.41, 5.74) is -2.23. The highest BCUT2D eigenvalue weighted by atomic mass is 16.3. The number of benzene rings is 1. The summed E-state index contributed by atoms with van der Waals surface area (Å²) in [6.45, 7) is 5.91. The van der Waals surface area contributed by atoms with E-state index in [1.165, 1.54) is 27.7 Å². The molecule has 0 unspecified atom stereocenters. The Balaban J connectivity index is 2.71. The summed E-state index contributed by atoms with van der Waals surface area (Å²) in [6, 6.07) is 6.44. The summed E-state index contributed by atoms with van der Waals surface area (Å²) in [6.07, 6.45) is 0. The van der Waals surface area contributed by atoms with Crippen LogP contribution in [-0.4, -0.2) is 33.0 Å². The fourth-order valence-electron chi connectivity index (χ4n) is 2.04. The quantitative estimate of drug-likeness (QED) is 0.716. The molecule has 0 spiro atoms. The number of carbonyl (C=O) groups is 2. The number of rotatable bonds is 0. The van der Waals surface area contributed by atoms with Crippen molar-refractivity contribution >= 4 is 11.6 Å². The van der Waals surface area contributed by atoms with E-state index in [9.17, 15) is 19.8 Å². The van der Waals surface area contributed by atoms with Crippen molar-refractivity contribution in [3.63, 3.8) is 0 Å². The van der Waals surface area contributed by atoms with Gasteiger partial charge in [0.2, 0.25) is 11.6 Å². The Morgan fingerprint density at radius 2 is 1.08 bits per heavy atom. The van der Waals surface area contributed by atoms with E-state index in [2.05, 4.69) is 23.7 Å². The van der Waals surface area contributed by atoms with Gasteiger partial charge in [-0.1, -0.05) is 47.9 Å². The number of allylic oxidation sites excluding steroid dienone is 2. The second kappa shape index (κ2) is 6.09. The first kappa shape index (κ1) is 17.7. The van der Waals surface area contributed by atoms with Gasteiger partial charge in [-0.05, 0) is 27.7 Å². The molecule has 1 aliphatic rings. The van der Waals surface area contributed by atoms with Gasteiger partial charge in [-0.25, -0.2) is 0 Å². The Morgan fingerprint density at radius 3 is 1.38 bits per heavy atom. The maximum atomic E-state index is 12.7. The van der Waals surface area contributed by atoms with Crippen molar-refractivity contribution in [3.8, 4) is 23.7 Å². The number of fused-ring (bicyclic) bond motifs is 1. The van der Waals surface area contributed by atoms with E-state index >= 15 is 0 Å². The molecule has 2 N–H and O–H groups in total. The molecule has 0 aromatic heterocycles. The molecule has 0 heterocycles. The zero-order chi connectivity index (χ0) is 18.1. The third-order valence-corrected chi connectivity index (χ3v) is 3.11. The van der Waals surface area contributed by atoms with Gasteiger partial charge in [0, 0.05) is 11.1 Å². The summed E-state index contributed by atoms with van der Waals surface area (Å²) in [7, 11) is 0. The van der Waals surface area contributed by atoms with Gasteiger partial charge < -0.3 is 10.2 Å². The van der Waals surface area contributed by atoms with Crippen molar-refractivity contribution in [2.24, 2.45) is 0 Å². The SMILES string of the molecule is CC(C)(O)C#CC1=C(C#CC(C)(C)O)C(=O)c2ccccc2C1=O. The van der Waals surface area contributed by atoms with Crippen LogP contribution in [-0.2, 0) is 0 Å². The summed E-state index contributed by atoms with van der Waals surface area (Å²) in [4.78, 5) is 25.4. The highest BCUT2D eigenvalue weighted by molar-refractivity contribution is 6.30. The lowest BCUT2D eigenvalue weighted by Gasteiger charge is -2.16. The maximum absolute atomic E-state index is 12.7. The molecular formula is C20H18O4. The first-order chi connectivity index (χ1) is 11.0. The fraction of sp³-hybridized carbons (Fsp3) is 0.300. The number of carbonyl (C=O) groups excluding carboxylic acids is 2. The van der Waals surface area contributed by atoms with Crippen LogP contribution in [0, 0.1) is 23.7 Å². The topological polar surface area (TPSA) is 74.6 Å². The maximum Gasteiger partial charge on any atom is 0.203 e. The third kappa shape index (κ3) is 4.00. The molecule has 1 aromatic rings. The molecule has 0 saturated heterocycles. The van der Waals surface area contributed by atoms with Crippen LogP contribution < -0.4 is 0 Å². The zero-order valence-corrected chi connectivity index (χ0v) is 14.0. The van der Waals surface area contributed by atoms with Crippen LogP contribution in [0.2, 0.25) is 0 Å². The van der Waals surface area contributed by atoms with E-state index in [1.54, 1.807) is 24.3 Å². The molecule has 0 atom stereocenters. The highest BCUT2D eigenvalue weighted by Gasteiger charge is 2.31. The van der Waals surface area contributed by atoms with Crippen LogP contribution in [0.25, 0.3) is 0 Å². The first-order valence-electron chi connectivity index (χ1n) is 7.43. The standard InChI is InChI=1S/C20H18O4/c1-19(2,23)11-9-15-16(10-12-20(3,4)24)18(22)14-8-6-5-7-13(14)17(15)21/h5-8,23-24H,1-4H3. The molecule has 0 amide bonds. The number of aliphatic hydroxyl groups is 2. The molecule has 1 aliphatic carbocycles. The van der Waals surface area contributed by atoms with Crippen molar-refractivity contribution in [2.75, 3.05) is 0 Å². The predicted octanol–water partition coefficient (Wildman–Crippen LogP) is 1.91. The van der Waals surface area contributed by atoms with Crippen LogP contribution in [0.1, 0.15) is 48.4 Å². The van der Waals surface area contributed by atoms with Crippen LogP contribution in [0.3, 0.4) is 0 Å². The molecule has 4 nitrogen and oxygen atoms in total. The molecule has 0 aliphatic heterocycles. The number of ketones is 2. The van der Waals surface area contributed by atoms with E-state index in [0.717, 1.165) is 0 Å². The van der Waals surface area contributed by atoms with Crippen molar-refractivity contribution < 1.29 is 19.8 Å². The van der Waals surface area contributed by atoms with Crippen LogP contribution >= 0.6 is 0 Å². The second-order valence-corrected chi connectivity index (χ2v) is 6.57. The fourth-order valence-corrected chi connectivity index (χ4v) is 2.04. The number of Topliss-reactive ketones (excluding diaryl/α,β-unsaturated/α-hetero) is 2. The number of hydrogen-bond donors (Lipinski definition) is 2. The lowest BCUT2D eigenvalue weighted by Crippen LogP contribution is -2.22. The highest BCUT2D eigenvalue weighted by Crippen LogP contribution is 2.26. The minimum absolute atomic E-state index is 0.0578. The first-order valence-corrected chi connectivity index (χ1v) is 7.43. The Hall–Kier alpha value is -2.66. The molecule has 0 saturated carbocycles. The Labute approximate surface area is 141 Å². The van der Waals surface area contributed by atoms with Crippen LogP contribution in [0.4, 0.5) is 0 Å². The van der Waals surface area contributed by atoms with Gasteiger partial charge >= 0.3 is 0 Å². The Kier molecular flexibility index (Phi) is 4.49. The third-order valence-electron chi connectivity index (χ3n) is 3.11. The molecule has 4 heteroatoms. The summed E-state index contributed by atoms with van der Waals surface area (Å²) >= 11 is 0. The van der Waals surface area contributed by atoms with Gasteiger partial charge in [-0.3, -0.25) is 9.59 Å². The second-order valence-electron chi connectivity index (χ2n) is 6.57. The van der Waals surface area contributed by atoms with Gasteiger partial charge in [0.1, 0.15) is 11.2 Å². The average molecular weight is 322 g/mol. The van der Waals surface area contributed by atoms with Gasteiger partial charge in [0.15, 0.2) is 0 Å². The lowest BCUT2D eigenvalue weighted by atomic mass is 9.84. The van der Waals surface area contributed by atoms with E-state index in [4.69, 9.17) is 0 Å². The van der Waals surface area contributed by atoms with E-state index in [1.807, 2.05) is 0 Å². The predicted molar refractivity (Wildman–Crippen MR) is 90.3 cm³/mol. The summed E-state index contributed by atoms with van der Waals surface area (Å²) in [5.74, 6) is 9.45. The molecule has 2 rings (SSSR count). The van der Waals surface area contributed by atoms with Crippen LogP contribution in [0.15, 0.2) is 35.4 Å². The zero-order valence-electron chi connectivity index (χ0n) is 14.0. The van der Waals surface area contributed by atoms with Crippen LogP contribution in [0.5, 0.6) is 0 Å². The van der Waals surface area contributed by atoms with Crippen molar-refractivity contribution in [1.82, 2.24) is 0 Å². The van der Waals surface area contributed by atoms with E-state index < -0.39 is 22.8 Å². The molecule has 0 bridgehead atoms.